The zero-order chi connectivity index (χ0) is 13.4. The van der Waals surface area contributed by atoms with Gasteiger partial charge in [-0.2, -0.15) is 0 Å². The average molecular weight is 355 g/mol. The molecule has 0 aliphatic heterocycles. The number of fused-ring (bicyclic) bond motifs is 1. The molecule has 0 aliphatic rings. The summed E-state index contributed by atoms with van der Waals surface area (Å²) in [6.07, 6.45) is 0. The summed E-state index contributed by atoms with van der Waals surface area (Å²) in [5.74, 6) is 0.758. The third kappa shape index (κ3) is 2.33. The van der Waals surface area contributed by atoms with E-state index in [0.717, 1.165) is 31.6 Å². The van der Waals surface area contributed by atoms with Crippen LogP contribution in [0.1, 0.15) is 0 Å². The van der Waals surface area contributed by atoms with Crippen LogP contribution in [0.5, 0.6) is 0 Å². The fraction of sp³-hybridized carbons (Fsp3) is 0.0769. The van der Waals surface area contributed by atoms with E-state index < -0.39 is 0 Å². The smallest absolute Gasteiger partial charge is 0.225 e. The van der Waals surface area contributed by atoms with E-state index >= 15 is 0 Å². The molecule has 2 heterocycles. The van der Waals surface area contributed by atoms with E-state index in [2.05, 4.69) is 48.7 Å². The van der Waals surface area contributed by atoms with E-state index in [1.807, 2.05) is 19.2 Å². The normalized spacial score (nSPS) is 10.9. The molecule has 0 saturated carbocycles. The summed E-state index contributed by atoms with van der Waals surface area (Å²) in [5.41, 5.74) is 2.25. The Morgan fingerprint density at radius 1 is 1.21 bits per heavy atom. The molecule has 3 aromatic rings. The lowest BCUT2D eigenvalue weighted by molar-refractivity contribution is 1.22. The molecule has 3 rings (SSSR count). The maximum absolute atomic E-state index is 5.92. The second-order valence-corrected chi connectivity index (χ2v) is 6.04. The lowest BCUT2D eigenvalue weighted by atomic mass is 10.1. The van der Waals surface area contributed by atoms with Crippen LogP contribution in [-0.4, -0.2) is 17.0 Å². The van der Waals surface area contributed by atoms with Crippen molar-refractivity contribution in [1.29, 1.82) is 0 Å². The number of hydrogen-bond donors (Lipinski definition) is 1. The van der Waals surface area contributed by atoms with Crippen molar-refractivity contribution in [2.24, 2.45) is 0 Å². The molecule has 6 heteroatoms. The highest BCUT2D eigenvalue weighted by Gasteiger charge is 2.13. The lowest BCUT2D eigenvalue weighted by Crippen LogP contribution is -1.95. The molecule has 0 amide bonds. The van der Waals surface area contributed by atoms with Crippen LogP contribution in [0.15, 0.2) is 34.1 Å². The molecule has 0 saturated heterocycles. The molecule has 0 spiro atoms. The van der Waals surface area contributed by atoms with Crippen molar-refractivity contribution >= 4 is 54.9 Å². The first-order valence-corrected chi connectivity index (χ1v) is 7.62. The minimum atomic E-state index is 0.265. The van der Waals surface area contributed by atoms with Crippen LogP contribution in [0.3, 0.4) is 0 Å². The number of anilines is 1. The molecule has 2 aromatic heterocycles. The van der Waals surface area contributed by atoms with Gasteiger partial charge in [-0.1, -0.05) is 28.1 Å². The highest BCUT2D eigenvalue weighted by Crippen LogP contribution is 2.37. The Morgan fingerprint density at radius 2 is 1.95 bits per heavy atom. The summed E-state index contributed by atoms with van der Waals surface area (Å²) < 4.78 is 1.06. The monoisotopic (exact) mass is 353 g/mol. The fourth-order valence-corrected chi connectivity index (χ4v) is 3.37. The van der Waals surface area contributed by atoms with Crippen molar-refractivity contribution in [2.75, 3.05) is 12.4 Å². The van der Waals surface area contributed by atoms with Crippen molar-refractivity contribution in [3.63, 3.8) is 0 Å². The second-order valence-electron chi connectivity index (χ2n) is 3.93. The average Bonchev–Trinajstić information content (AvgIpc) is 2.82. The van der Waals surface area contributed by atoms with Crippen LogP contribution in [-0.2, 0) is 0 Å². The first kappa shape index (κ1) is 12.8. The number of thiophene rings is 1. The zero-order valence-corrected chi connectivity index (χ0v) is 13.1. The molecule has 19 heavy (non-hydrogen) atoms. The summed E-state index contributed by atoms with van der Waals surface area (Å²) in [6.45, 7) is 0. The van der Waals surface area contributed by atoms with E-state index in [0.29, 0.717) is 0 Å². The van der Waals surface area contributed by atoms with Crippen LogP contribution in [0.4, 0.5) is 5.82 Å². The lowest BCUT2D eigenvalue weighted by Gasteiger charge is -2.05. The van der Waals surface area contributed by atoms with Gasteiger partial charge in [0, 0.05) is 22.5 Å². The minimum absolute atomic E-state index is 0.265. The molecule has 0 radical (unpaired) electrons. The Bertz CT molecular complexity index is 739. The molecule has 0 atom stereocenters. The first-order chi connectivity index (χ1) is 9.19. The van der Waals surface area contributed by atoms with Crippen molar-refractivity contribution in [3.8, 4) is 11.1 Å². The van der Waals surface area contributed by atoms with Gasteiger partial charge in [0.15, 0.2) is 0 Å². The molecule has 0 unspecified atom stereocenters. The van der Waals surface area contributed by atoms with Gasteiger partial charge in [-0.05, 0) is 29.3 Å². The van der Waals surface area contributed by atoms with Crippen molar-refractivity contribution in [2.45, 2.75) is 0 Å². The zero-order valence-electron chi connectivity index (χ0n) is 9.95. The Balaban J connectivity index is 2.27. The second kappa shape index (κ2) is 5.07. The van der Waals surface area contributed by atoms with Crippen LogP contribution >= 0.6 is 38.9 Å². The molecule has 96 valence electrons. The van der Waals surface area contributed by atoms with Gasteiger partial charge < -0.3 is 5.32 Å². The molecular formula is C13H9BrClN3S. The van der Waals surface area contributed by atoms with E-state index in [1.54, 1.807) is 11.3 Å². The predicted octanol–water partition coefficient (Wildman–Crippen LogP) is 4.82. The van der Waals surface area contributed by atoms with E-state index in [1.165, 1.54) is 0 Å². The highest BCUT2D eigenvalue weighted by atomic mass is 79.9. The van der Waals surface area contributed by atoms with Gasteiger partial charge in [-0.25, -0.2) is 9.97 Å². The number of benzene rings is 1. The van der Waals surface area contributed by atoms with Gasteiger partial charge in [0.05, 0.1) is 5.39 Å². The molecule has 0 fully saturated rings. The van der Waals surface area contributed by atoms with Crippen LogP contribution in [0.25, 0.3) is 21.3 Å². The third-order valence-corrected chi connectivity index (χ3v) is 4.37. The minimum Gasteiger partial charge on any atom is -0.372 e. The number of aromatic nitrogens is 2. The molecule has 1 N–H and O–H groups in total. The van der Waals surface area contributed by atoms with Crippen LogP contribution in [0, 0.1) is 0 Å². The van der Waals surface area contributed by atoms with Crippen LogP contribution < -0.4 is 5.32 Å². The molecule has 3 nitrogen and oxygen atoms in total. The molecule has 0 bridgehead atoms. The van der Waals surface area contributed by atoms with Gasteiger partial charge >= 0.3 is 0 Å². The summed E-state index contributed by atoms with van der Waals surface area (Å²) >= 11 is 10.9. The van der Waals surface area contributed by atoms with Crippen molar-refractivity contribution in [3.05, 3.63) is 39.4 Å². The van der Waals surface area contributed by atoms with E-state index in [4.69, 9.17) is 11.6 Å². The van der Waals surface area contributed by atoms with Gasteiger partial charge in [-0.15, -0.1) is 11.3 Å². The summed E-state index contributed by atoms with van der Waals surface area (Å²) in [7, 11) is 1.83. The Morgan fingerprint density at radius 3 is 2.63 bits per heavy atom. The number of halogens is 2. The number of nitrogens with one attached hydrogen (secondary N) is 1. The Labute approximate surface area is 127 Å². The number of hydrogen-bond acceptors (Lipinski definition) is 4. The maximum atomic E-state index is 5.92. The number of nitrogens with zero attached hydrogens (tertiary/aromatic N) is 2. The topological polar surface area (TPSA) is 37.8 Å². The van der Waals surface area contributed by atoms with Crippen molar-refractivity contribution in [1.82, 2.24) is 9.97 Å². The summed E-state index contributed by atoms with van der Waals surface area (Å²) in [6, 6.07) is 8.18. The van der Waals surface area contributed by atoms with Crippen molar-refractivity contribution < 1.29 is 0 Å². The maximum Gasteiger partial charge on any atom is 0.225 e. The first-order valence-electron chi connectivity index (χ1n) is 5.57. The summed E-state index contributed by atoms with van der Waals surface area (Å²) in [4.78, 5) is 9.40. The number of rotatable bonds is 2. The van der Waals surface area contributed by atoms with Crippen LogP contribution in [0.2, 0.25) is 5.28 Å². The van der Waals surface area contributed by atoms with Gasteiger partial charge in [0.2, 0.25) is 5.28 Å². The predicted molar refractivity (Wildman–Crippen MR) is 85.1 cm³/mol. The largest absolute Gasteiger partial charge is 0.372 e. The molecule has 0 aliphatic carbocycles. The Hall–Kier alpha value is -1.17. The van der Waals surface area contributed by atoms with E-state index in [-0.39, 0.29) is 5.28 Å². The van der Waals surface area contributed by atoms with Gasteiger partial charge in [-0.3, -0.25) is 0 Å². The standard InChI is InChI=1S/C13H9BrClN3S/c1-16-11-10-9(7-2-4-8(14)5-3-7)6-19-12(10)18-13(15)17-11/h2-6H,1H3,(H,16,17,18). The third-order valence-electron chi connectivity index (χ3n) is 2.80. The SMILES string of the molecule is CNc1nc(Cl)nc2scc(-c3ccc(Br)cc3)c12. The quantitative estimate of drug-likeness (QED) is 0.671. The van der Waals surface area contributed by atoms with E-state index in [9.17, 15) is 0 Å². The fourth-order valence-electron chi connectivity index (χ4n) is 1.94. The molecular weight excluding hydrogens is 346 g/mol. The highest BCUT2D eigenvalue weighted by molar-refractivity contribution is 9.10. The van der Waals surface area contributed by atoms with Gasteiger partial charge in [0.25, 0.3) is 0 Å². The molecule has 1 aromatic carbocycles. The Kier molecular flexibility index (Phi) is 3.43. The summed E-state index contributed by atoms with van der Waals surface area (Å²) in [5, 5.41) is 6.44. The van der Waals surface area contributed by atoms with Gasteiger partial charge in [0.1, 0.15) is 10.6 Å².